The molecular weight excluding hydrogens is 323 g/mol. The van der Waals surface area contributed by atoms with Crippen molar-refractivity contribution in [2.45, 2.75) is 13.0 Å². The number of aromatic nitrogens is 3. The van der Waals surface area contributed by atoms with Crippen LogP contribution in [0, 0.1) is 5.92 Å². The second-order valence-electron chi connectivity index (χ2n) is 5.54. The van der Waals surface area contributed by atoms with Crippen LogP contribution in [0.1, 0.15) is 12.0 Å². The molecule has 0 radical (unpaired) electrons. The van der Waals surface area contributed by atoms with E-state index in [1.54, 1.807) is 23.1 Å². The number of hydrogen-bond acceptors (Lipinski definition) is 5. The Hall–Kier alpha value is -2.29. The minimum Gasteiger partial charge on any atom is -0.312 e. The third-order valence-electron chi connectivity index (χ3n) is 3.70. The highest BCUT2D eigenvalue weighted by molar-refractivity contribution is 7.86. The fraction of sp³-hybridized carbons (Fsp3) is 0.357. The van der Waals surface area contributed by atoms with Crippen LogP contribution in [0.25, 0.3) is 0 Å². The summed E-state index contributed by atoms with van der Waals surface area (Å²) in [5.41, 5.74) is 1.67. The van der Waals surface area contributed by atoms with Gasteiger partial charge < -0.3 is 4.90 Å². The number of rotatable bonds is 5. The summed E-state index contributed by atoms with van der Waals surface area (Å²) in [5, 5.41) is 4.02. The molecule has 1 amide bonds. The molecule has 2 heterocycles. The van der Waals surface area contributed by atoms with Crippen LogP contribution >= 0.6 is 0 Å². The summed E-state index contributed by atoms with van der Waals surface area (Å²) in [4.78, 5) is 17.4. The molecule has 0 saturated carbocycles. The van der Waals surface area contributed by atoms with Crippen LogP contribution in [0.2, 0.25) is 0 Å². The molecule has 0 bridgehead atoms. The molecular formula is C14H15FN4O3S. The van der Waals surface area contributed by atoms with Gasteiger partial charge in [0.2, 0.25) is 5.91 Å². The van der Waals surface area contributed by atoms with Crippen LogP contribution in [0.4, 0.5) is 9.57 Å². The van der Waals surface area contributed by atoms with Crippen LogP contribution in [-0.4, -0.2) is 41.4 Å². The van der Waals surface area contributed by atoms with Gasteiger partial charge in [0.1, 0.15) is 12.7 Å². The van der Waals surface area contributed by atoms with Crippen LogP contribution in [-0.2, 0) is 21.6 Å². The molecule has 7 nitrogen and oxygen atoms in total. The van der Waals surface area contributed by atoms with Crippen molar-refractivity contribution in [3.8, 4) is 0 Å². The number of carbonyl (C=O) groups excluding carboxylic acids is 1. The van der Waals surface area contributed by atoms with E-state index < -0.39 is 21.9 Å². The number of amides is 1. The quantitative estimate of drug-likeness (QED) is 0.759. The fourth-order valence-electron chi connectivity index (χ4n) is 2.71. The molecule has 2 aromatic rings. The van der Waals surface area contributed by atoms with E-state index in [-0.39, 0.29) is 18.9 Å². The zero-order valence-electron chi connectivity index (χ0n) is 12.2. The van der Waals surface area contributed by atoms with E-state index >= 15 is 0 Å². The fourth-order valence-corrected chi connectivity index (χ4v) is 3.49. The molecule has 122 valence electrons. The summed E-state index contributed by atoms with van der Waals surface area (Å²) in [6.45, 7) is 0.779. The zero-order valence-corrected chi connectivity index (χ0v) is 13.0. The average Bonchev–Trinajstić information content (AvgIpc) is 3.08. The summed E-state index contributed by atoms with van der Waals surface area (Å²) in [7, 11) is -4.57. The molecule has 0 N–H and O–H groups in total. The lowest BCUT2D eigenvalue weighted by Gasteiger charge is -2.17. The van der Waals surface area contributed by atoms with Crippen molar-refractivity contribution in [3.63, 3.8) is 0 Å². The number of carbonyl (C=O) groups is 1. The van der Waals surface area contributed by atoms with Gasteiger partial charge in [0.25, 0.3) is 0 Å². The predicted octanol–water partition coefficient (Wildman–Crippen LogP) is 0.979. The van der Waals surface area contributed by atoms with Gasteiger partial charge in [0.15, 0.2) is 0 Å². The molecule has 0 spiro atoms. The van der Waals surface area contributed by atoms with Gasteiger partial charge in [-0.15, -0.1) is 3.89 Å². The largest absolute Gasteiger partial charge is 0.312 e. The monoisotopic (exact) mass is 338 g/mol. The Morgan fingerprint density at radius 3 is 2.61 bits per heavy atom. The molecule has 1 aliphatic heterocycles. The number of halogens is 1. The third kappa shape index (κ3) is 3.92. The molecule has 3 rings (SSSR count). The number of nitrogens with zero attached hydrogens (tertiary/aromatic N) is 4. The van der Waals surface area contributed by atoms with E-state index in [1.165, 1.54) is 11.2 Å². The van der Waals surface area contributed by atoms with Crippen LogP contribution in [0.15, 0.2) is 36.9 Å². The van der Waals surface area contributed by atoms with Crippen molar-refractivity contribution in [2.24, 2.45) is 5.92 Å². The van der Waals surface area contributed by atoms with Gasteiger partial charge in [-0.3, -0.25) is 4.79 Å². The molecule has 1 aromatic heterocycles. The number of hydrogen-bond donors (Lipinski definition) is 0. The molecule has 1 aromatic carbocycles. The van der Waals surface area contributed by atoms with Crippen molar-refractivity contribution in [3.05, 3.63) is 42.5 Å². The maximum atomic E-state index is 12.8. The smallest absolute Gasteiger partial charge is 0.302 e. The summed E-state index contributed by atoms with van der Waals surface area (Å²) < 4.78 is 35.9. The van der Waals surface area contributed by atoms with Gasteiger partial charge in [0.05, 0.1) is 12.3 Å². The van der Waals surface area contributed by atoms with E-state index in [0.29, 0.717) is 12.2 Å². The Morgan fingerprint density at radius 2 is 2.00 bits per heavy atom. The minimum atomic E-state index is -4.57. The van der Waals surface area contributed by atoms with Gasteiger partial charge in [-0.1, -0.05) is 12.1 Å². The standard InChI is InChI=1S/C14H15FN4O3S/c15-23(21,22)8-12-5-14(20)19(7-12)13-3-1-11(2-4-13)6-18-10-16-9-17-18/h1-4,9-10,12H,5-8H2. The maximum Gasteiger partial charge on any atom is 0.302 e. The highest BCUT2D eigenvalue weighted by Gasteiger charge is 2.33. The zero-order chi connectivity index (χ0) is 16.4. The molecule has 1 unspecified atom stereocenters. The van der Waals surface area contributed by atoms with Crippen molar-refractivity contribution < 1.29 is 17.1 Å². The van der Waals surface area contributed by atoms with Crippen LogP contribution < -0.4 is 4.90 Å². The SMILES string of the molecule is O=C1CC(CS(=O)(=O)F)CN1c1ccc(Cn2cncn2)cc1. The minimum absolute atomic E-state index is 0.0455. The highest BCUT2D eigenvalue weighted by atomic mass is 32.3. The first-order valence-electron chi connectivity index (χ1n) is 7.05. The van der Waals surface area contributed by atoms with Crippen molar-refractivity contribution >= 4 is 21.8 Å². The van der Waals surface area contributed by atoms with Crippen molar-refractivity contribution in [2.75, 3.05) is 17.2 Å². The van der Waals surface area contributed by atoms with E-state index in [0.717, 1.165) is 5.56 Å². The molecule has 23 heavy (non-hydrogen) atoms. The summed E-state index contributed by atoms with van der Waals surface area (Å²) in [6, 6.07) is 7.31. The summed E-state index contributed by atoms with van der Waals surface area (Å²) in [5.74, 6) is -1.31. The lowest BCUT2D eigenvalue weighted by molar-refractivity contribution is -0.117. The highest BCUT2D eigenvalue weighted by Crippen LogP contribution is 2.26. The second-order valence-corrected chi connectivity index (χ2v) is 6.95. The normalized spacial score (nSPS) is 18.6. The Labute approximate surface area is 133 Å². The van der Waals surface area contributed by atoms with Gasteiger partial charge in [0, 0.05) is 24.6 Å². The molecule has 1 atom stereocenters. The molecule has 1 fully saturated rings. The first-order chi connectivity index (χ1) is 10.9. The predicted molar refractivity (Wildman–Crippen MR) is 80.9 cm³/mol. The van der Waals surface area contributed by atoms with E-state index in [4.69, 9.17) is 0 Å². The lowest BCUT2D eigenvalue weighted by atomic mass is 10.1. The van der Waals surface area contributed by atoms with Crippen LogP contribution in [0.3, 0.4) is 0 Å². The first-order valence-corrected chi connectivity index (χ1v) is 8.60. The topological polar surface area (TPSA) is 85.2 Å². The first kappa shape index (κ1) is 15.6. The van der Waals surface area contributed by atoms with Crippen molar-refractivity contribution in [1.29, 1.82) is 0 Å². The maximum absolute atomic E-state index is 12.8. The molecule has 1 saturated heterocycles. The summed E-state index contributed by atoms with van der Waals surface area (Å²) in [6.07, 6.45) is 3.11. The Kier molecular flexibility index (Phi) is 4.12. The molecule has 0 aliphatic carbocycles. The third-order valence-corrected chi connectivity index (χ3v) is 4.57. The average molecular weight is 338 g/mol. The van der Waals surface area contributed by atoms with Gasteiger partial charge in [-0.2, -0.15) is 13.5 Å². The molecule has 9 heteroatoms. The number of anilines is 1. The lowest BCUT2D eigenvalue weighted by Crippen LogP contribution is -2.25. The van der Waals surface area contributed by atoms with Gasteiger partial charge in [-0.05, 0) is 17.7 Å². The second kappa shape index (κ2) is 6.07. The van der Waals surface area contributed by atoms with Gasteiger partial charge >= 0.3 is 10.2 Å². The van der Waals surface area contributed by atoms with E-state index in [1.807, 2.05) is 12.1 Å². The molecule has 1 aliphatic rings. The van der Waals surface area contributed by atoms with Crippen LogP contribution in [0.5, 0.6) is 0 Å². The number of benzene rings is 1. The van der Waals surface area contributed by atoms with E-state index in [2.05, 4.69) is 10.1 Å². The van der Waals surface area contributed by atoms with Gasteiger partial charge in [-0.25, -0.2) is 9.67 Å². The van der Waals surface area contributed by atoms with Crippen molar-refractivity contribution in [1.82, 2.24) is 14.8 Å². The Morgan fingerprint density at radius 1 is 1.26 bits per heavy atom. The summed E-state index contributed by atoms with van der Waals surface area (Å²) >= 11 is 0. The Balaban J connectivity index is 1.68. The van der Waals surface area contributed by atoms with E-state index in [9.17, 15) is 17.1 Å². The Bertz CT molecular complexity index is 790.